The van der Waals surface area contributed by atoms with E-state index in [0.29, 0.717) is 5.82 Å². The fraction of sp³-hybridized carbons (Fsp3) is 0.400. The maximum absolute atomic E-state index is 11.1. The van der Waals surface area contributed by atoms with Crippen molar-refractivity contribution in [3.8, 4) is 0 Å². The number of hydrogen-bond acceptors (Lipinski definition) is 3. The molecule has 0 unspecified atom stereocenters. The molecule has 0 saturated carbocycles. The number of anilines is 1. The van der Waals surface area contributed by atoms with Crippen LogP contribution in [0.5, 0.6) is 0 Å². The molecular formula is C5H8ClN3O2S. The largest absolute Gasteiger partial charge is 0.268 e. The molecule has 2 N–H and O–H groups in total. The van der Waals surface area contributed by atoms with Crippen LogP contribution in [-0.2, 0) is 10.0 Å². The Labute approximate surface area is 75.2 Å². The number of nitrogens with one attached hydrogen (secondary N) is 2. The number of aromatic amines is 1. The van der Waals surface area contributed by atoms with Crippen LogP contribution in [0.3, 0.4) is 0 Å². The van der Waals surface area contributed by atoms with Crippen molar-refractivity contribution >= 4 is 27.4 Å². The van der Waals surface area contributed by atoms with E-state index < -0.39 is 10.0 Å². The Hall–Kier alpha value is -0.750. The van der Waals surface area contributed by atoms with Crippen molar-refractivity contribution < 1.29 is 8.42 Å². The van der Waals surface area contributed by atoms with Crippen molar-refractivity contribution in [3.63, 3.8) is 0 Å². The lowest BCUT2D eigenvalue weighted by molar-refractivity contribution is 0.602. The van der Waals surface area contributed by atoms with Crippen LogP contribution in [0.2, 0.25) is 0 Å². The predicted molar refractivity (Wildman–Crippen MR) is 46.7 cm³/mol. The second-order valence-corrected chi connectivity index (χ2v) is 4.30. The van der Waals surface area contributed by atoms with Crippen LogP contribution >= 0.6 is 11.6 Å². The highest BCUT2D eigenvalue weighted by atomic mass is 35.5. The quantitative estimate of drug-likeness (QED) is 0.705. The summed E-state index contributed by atoms with van der Waals surface area (Å²) >= 11 is 5.28. The van der Waals surface area contributed by atoms with Gasteiger partial charge in [-0.3, -0.25) is 9.82 Å². The van der Waals surface area contributed by atoms with E-state index in [-0.39, 0.29) is 11.6 Å². The number of rotatable bonds is 4. The van der Waals surface area contributed by atoms with Gasteiger partial charge >= 0.3 is 0 Å². The molecule has 0 bridgehead atoms. The zero-order valence-corrected chi connectivity index (χ0v) is 7.69. The van der Waals surface area contributed by atoms with Crippen molar-refractivity contribution in [3.05, 3.63) is 12.3 Å². The number of H-pyrrole nitrogens is 1. The fourth-order valence-corrected chi connectivity index (χ4v) is 2.00. The van der Waals surface area contributed by atoms with Crippen LogP contribution in [0, 0.1) is 0 Å². The maximum atomic E-state index is 11.1. The Morgan fingerprint density at radius 2 is 2.42 bits per heavy atom. The molecule has 12 heavy (non-hydrogen) atoms. The number of nitrogens with zero attached hydrogens (tertiary/aromatic N) is 1. The number of alkyl halides is 1. The summed E-state index contributed by atoms with van der Waals surface area (Å²) in [6.07, 6.45) is 1.46. The lowest BCUT2D eigenvalue weighted by atomic mass is 10.7. The SMILES string of the molecule is O=S(=O)(CCCl)Nc1ccn[nH]1. The Kier molecular flexibility index (Phi) is 2.93. The second-order valence-electron chi connectivity index (χ2n) is 2.08. The first kappa shape index (κ1) is 9.34. The van der Waals surface area contributed by atoms with Gasteiger partial charge in [-0.1, -0.05) is 0 Å². The van der Waals surface area contributed by atoms with Gasteiger partial charge in [0.2, 0.25) is 10.0 Å². The lowest BCUT2D eigenvalue weighted by Crippen LogP contribution is -2.17. The topological polar surface area (TPSA) is 74.8 Å². The number of hydrogen-bond donors (Lipinski definition) is 2. The summed E-state index contributed by atoms with van der Waals surface area (Å²) in [5.74, 6) is 0.317. The molecule has 0 amide bonds. The van der Waals surface area contributed by atoms with Gasteiger partial charge in [0.25, 0.3) is 0 Å². The smallest absolute Gasteiger partial charge is 0.235 e. The highest BCUT2D eigenvalue weighted by Crippen LogP contribution is 2.02. The molecule has 5 nitrogen and oxygen atoms in total. The molecule has 1 rings (SSSR count). The number of halogens is 1. The van der Waals surface area contributed by atoms with Crippen LogP contribution in [-0.4, -0.2) is 30.2 Å². The van der Waals surface area contributed by atoms with E-state index in [9.17, 15) is 8.42 Å². The third kappa shape index (κ3) is 2.71. The summed E-state index contributed by atoms with van der Waals surface area (Å²) in [5.41, 5.74) is 0. The second kappa shape index (κ2) is 3.77. The van der Waals surface area contributed by atoms with Crippen LogP contribution in [0.1, 0.15) is 0 Å². The van der Waals surface area contributed by atoms with E-state index in [1.165, 1.54) is 12.3 Å². The molecule has 0 saturated heterocycles. The molecule has 1 heterocycles. The average Bonchev–Trinajstić information content (AvgIpc) is 2.38. The molecule has 1 aromatic heterocycles. The first-order chi connectivity index (χ1) is 5.64. The minimum absolute atomic E-state index is 0.0729. The van der Waals surface area contributed by atoms with Gasteiger partial charge in [0.15, 0.2) is 0 Å². The summed E-state index contributed by atoms with van der Waals surface area (Å²) in [6.45, 7) is 0. The van der Waals surface area contributed by atoms with Crippen molar-refractivity contribution in [2.75, 3.05) is 16.4 Å². The van der Waals surface area contributed by atoms with Crippen molar-refractivity contribution in [2.24, 2.45) is 0 Å². The minimum atomic E-state index is -3.31. The third-order valence-corrected chi connectivity index (χ3v) is 2.80. The zero-order valence-electron chi connectivity index (χ0n) is 6.12. The molecule has 0 aliphatic heterocycles. The highest BCUT2D eigenvalue weighted by molar-refractivity contribution is 7.92. The van der Waals surface area contributed by atoms with E-state index in [0.717, 1.165) is 0 Å². The molecule has 7 heteroatoms. The summed E-state index contributed by atoms with van der Waals surface area (Å²) in [6, 6.07) is 1.52. The lowest BCUT2D eigenvalue weighted by Gasteiger charge is -2.01. The number of sulfonamides is 1. The van der Waals surface area contributed by atoms with E-state index in [4.69, 9.17) is 11.6 Å². The number of aromatic nitrogens is 2. The Bertz CT molecular complexity index is 320. The molecule has 0 aliphatic carbocycles. The molecular weight excluding hydrogens is 202 g/mol. The molecule has 0 spiro atoms. The molecule has 68 valence electrons. The maximum Gasteiger partial charge on any atom is 0.235 e. The molecule has 0 radical (unpaired) electrons. The van der Waals surface area contributed by atoms with Gasteiger partial charge in [0.1, 0.15) is 5.82 Å². The Morgan fingerprint density at radius 3 is 2.92 bits per heavy atom. The molecule has 0 atom stereocenters. The Balaban J connectivity index is 2.63. The first-order valence-electron chi connectivity index (χ1n) is 3.20. The monoisotopic (exact) mass is 209 g/mol. The molecule has 0 aromatic carbocycles. The van der Waals surface area contributed by atoms with Crippen LogP contribution in [0.25, 0.3) is 0 Å². The van der Waals surface area contributed by atoms with E-state index in [2.05, 4.69) is 14.9 Å². The zero-order chi connectivity index (χ0) is 9.03. The van der Waals surface area contributed by atoms with E-state index >= 15 is 0 Å². The van der Waals surface area contributed by atoms with E-state index in [1.807, 2.05) is 0 Å². The molecule has 1 aromatic rings. The molecule has 0 fully saturated rings. The summed E-state index contributed by atoms with van der Waals surface area (Å²) in [7, 11) is -3.31. The van der Waals surface area contributed by atoms with Gasteiger partial charge < -0.3 is 0 Å². The summed E-state index contributed by atoms with van der Waals surface area (Å²) in [5, 5.41) is 6.05. The van der Waals surface area contributed by atoms with Crippen LogP contribution in [0.4, 0.5) is 5.82 Å². The van der Waals surface area contributed by atoms with Crippen molar-refractivity contribution in [1.82, 2.24) is 10.2 Å². The Morgan fingerprint density at radius 1 is 1.67 bits per heavy atom. The van der Waals surface area contributed by atoms with Gasteiger partial charge in [-0.25, -0.2) is 8.42 Å². The highest BCUT2D eigenvalue weighted by Gasteiger charge is 2.08. The van der Waals surface area contributed by atoms with Crippen molar-refractivity contribution in [1.29, 1.82) is 0 Å². The normalized spacial score (nSPS) is 11.4. The standard InChI is InChI=1S/C5H8ClN3O2S/c6-2-4-12(10,11)9-5-1-3-7-8-5/h1,3H,2,4H2,(H2,7,8,9). The van der Waals surface area contributed by atoms with Crippen LogP contribution < -0.4 is 4.72 Å². The first-order valence-corrected chi connectivity index (χ1v) is 5.38. The van der Waals surface area contributed by atoms with Crippen molar-refractivity contribution in [2.45, 2.75) is 0 Å². The third-order valence-electron chi connectivity index (χ3n) is 1.11. The summed E-state index contributed by atoms with van der Waals surface area (Å²) in [4.78, 5) is 0. The average molecular weight is 210 g/mol. The fourth-order valence-electron chi connectivity index (χ4n) is 0.633. The van der Waals surface area contributed by atoms with Gasteiger partial charge in [-0.15, -0.1) is 11.6 Å². The van der Waals surface area contributed by atoms with Gasteiger partial charge in [0.05, 0.1) is 11.9 Å². The van der Waals surface area contributed by atoms with Gasteiger partial charge in [-0.2, -0.15) is 5.10 Å². The predicted octanol–water partition coefficient (Wildman–Crippen LogP) is 0.390. The summed E-state index contributed by atoms with van der Waals surface area (Å²) < 4.78 is 24.4. The van der Waals surface area contributed by atoms with Crippen LogP contribution in [0.15, 0.2) is 12.3 Å². The minimum Gasteiger partial charge on any atom is -0.268 e. The van der Waals surface area contributed by atoms with Gasteiger partial charge in [-0.05, 0) is 0 Å². The molecule has 0 aliphatic rings. The van der Waals surface area contributed by atoms with E-state index in [1.54, 1.807) is 0 Å². The van der Waals surface area contributed by atoms with Gasteiger partial charge in [0, 0.05) is 11.9 Å².